The van der Waals surface area contributed by atoms with Crippen molar-refractivity contribution in [3.05, 3.63) is 63.6 Å². The molecule has 1 amide bonds. The van der Waals surface area contributed by atoms with Crippen molar-refractivity contribution in [2.24, 2.45) is 0 Å². The van der Waals surface area contributed by atoms with Crippen LogP contribution in [0.4, 0.5) is 0 Å². The van der Waals surface area contributed by atoms with Gasteiger partial charge in [-0.25, -0.2) is 4.98 Å². The first-order chi connectivity index (χ1) is 13.1. The van der Waals surface area contributed by atoms with E-state index in [0.29, 0.717) is 6.54 Å². The van der Waals surface area contributed by atoms with E-state index in [4.69, 9.17) is 4.98 Å². The molecule has 2 atom stereocenters. The Morgan fingerprint density at radius 2 is 2.07 bits per heavy atom. The zero-order valence-electron chi connectivity index (χ0n) is 15.2. The van der Waals surface area contributed by atoms with E-state index in [0.717, 1.165) is 39.9 Å². The number of para-hydroxylation sites is 1. The summed E-state index contributed by atoms with van der Waals surface area (Å²) in [6.45, 7) is 3.39. The molecule has 0 radical (unpaired) electrons. The topological polar surface area (TPSA) is 45.2 Å². The molecule has 1 fully saturated rings. The molecule has 1 aromatic heterocycles. The monoisotopic (exact) mass is 443 g/mol. The highest BCUT2D eigenvalue weighted by molar-refractivity contribution is 9.10. The van der Waals surface area contributed by atoms with Crippen LogP contribution in [0, 0.1) is 0 Å². The number of carbonyl (C=O) groups is 1. The Labute approximate surface area is 171 Å². The highest BCUT2D eigenvalue weighted by Gasteiger charge is 2.30. The first kappa shape index (κ1) is 18.6. The molecule has 6 heteroatoms. The first-order valence-electron chi connectivity index (χ1n) is 9.24. The number of carbonyl (C=O) groups excluding carboxylic acids is 1. The third kappa shape index (κ3) is 4.23. The van der Waals surface area contributed by atoms with Crippen molar-refractivity contribution in [1.82, 2.24) is 15.2 Å². The zero-order chi connectivity index (χ0) is 18.8. The van der Waals surface area contributed by atoms with Gasteiger partial charge in [-0.15, -0.1) is 11.3 Å². The van der Waals surface area contributed by atoms with Crippen molar-refractivity contribution in [2.45, 2.75) is 31.8 Å². The Kier molecular flexibility index (Phi) is 5.57. The Balaban J connectivity index is 1.41. The normalized spacial score (nSPS) is 18.7. The van der Waals surface area contributed by atoms with E-state index in [9.17, 15) is 4.79 Å². The number of rotatable bonds is 5. The van der Waals surface area contributed by atoms with Gasteiger partial charge in [-0.3, -0.25) is 9.69 Å². The summed E-state index contributed by atoms with van der Waals surface area (Å²) in [6.07, 6.45) is 2.17. The molecule has 4 rings (SSSR count). The molecule has 0 spiro atoms. The lowest BCUT2D eigenvalue weighted by atomic mass is 10.1. The van der Waals surface area contributed by atoms with E-state index in [1.807, 2.05) is 43.3 Å². The van der Waals surface area contributed by atoms with Gasteiger partial charge in [0, 0.05) is 4.47 Å². The number of hydrogen-bond acceptors (Lipinski definition) is 4. The van der Waals surface area contributed by atoms with Crippen LogP contribution < -0.4 is 5.32 Å². The molecule has 4 nitrogen and oxygen atoms in total. The Bertz CT molecular complexity index is 907. The predicted molar refractivity (Wildman–Crippen MR) is 114 cm³/mol. The van der Waals surface area contributed by atoms with Crippen LogP contribution in [-0.4, -0.2) is 28.9 Å². The summed E-state index contributed by atoms with van der Waals surface area (Å²) in [7, 11) is 0. The number of halogens is 1. The van der Waals surface area contributed by atoms with Crippen LogP contribution in [0.1, 0.15) is 42.4 Å². The molecule has 2 aromatic carbocycles. The molecule has 0 aliphatic carbocycles. The number of fused-ring (bicyclic) bond motifs is 1. The third-order valence-electron chi connectivity index (χ3n) is 5.05. The average molecular weight is 444 g/mol. The Morgan fingerprint density at radius 1 is 1.30 bits per heavy atom. The number of likely N-dealkylation sites (tertiary alicyclic amines) is 1. The minimum Gasteiger partial charge on any atom is -0.348 e. The van der Waals surface area contributed by atoms with Gasteiger partial charge in [-0.05, 0) is 56.1 Å². The minimum atomic E-state index is -0.00546. The van der Waals surface area contributed by atoms with E-state index in [-0.39, 0.29) is 18.0 Å². The van der Waals surface area contributed by atoms with Gasteiger partial charge in [0.2, 0.25) is 5.91 Å². The van der Waals surface area contributed by atoms with Gasteiger partial charge >= 0.3 is 0 Å². The molecule has 0 saturated carbocycles. The molecular weight excluding hydrogens is 422 g/mol. The molecule has 1 aliphatic rings. The molecule has 1 saturated heterocycles. The van der Waals surface area contributed by atoms with Crippen molar-refractivity contribution < 1.29 is 4.79 Å². The van der Waals surface area contributed by atoms with Crippen molar-refractivity contribution >= 4 is 43.4 Å². The number of hydrogen-bond donors (Lipinski definition) is 1. The molecule has 3 aromatic rings. The Hall–Kier alpha value is -1.76. The van der Waals surface area contributed by atoms with E-state index in [2.05, 4.69) is 38.3 Å². The van der Waals surface area contributed by atoms with Crippen LogP contribution in [0.5, 0.6) is 0 Å². The summed E-state index contributed by atoms with van der Waals surface area (Å²) < 4.78 is 2.26. The van der Waals surface area contributed by atoms with Crippen LogP contribution in [-0.2, 0) is 4.79 Å². The summed E-state index contributed by atoms with van der Waals surface area (Å²) >= 11 is 5.19. The number of nitrogens with zero attached hydrogens (tertiary/aromatic N) is 2. The molecule has 140 valence electrons. The van der Waals surface area contributed by atoms with Crippen LogP contribution in [0.3, 0.4) is 0 Å². The van der Waals surface area contributed by atoms with E-state index >= 15 is 0 Å². The summed E-state index contributed by atoms with van der Waals surface area (Å²) in [5.41, 5.74) is 2.16. The van der Waals surface area contributed by atoms with Gasteiger partial charge < -0.3 is 5.32 Å². The van der Waals surface area contributed by atoms with Gasteiger partial charge in [-0.2, -0.15) is 0 Å². The van der Waals surface area contributed by atoms with Gasteiger partial charge in [0.15, 0.2) is 0 Å². The van der Waals surface area contributed by atoms with E-state index in [1.54, 1.807) is 11.3 Å². The van der Waals surface area contributed by atoms with Gasteiger partial charge in [0.25, 0.3) is 0 Å². The second kappa shape index (κ2) is 8.09. The second-order valence-electron chi connectivity index (χ2n) is 6.99. The smallest absolute Gasteiger partial charge is 0.234 e. The summed E-state index contributed by atoms with van der Waals surface area (Å²) in [4.78, 5) is 19.7. The fourth-order valence-corrected chi connectivity index (χ4v) is 5.04. The molecule has 1 N–H and O–H groups in total. The second-order valence-corrected chi connectivity index (χ2v) is 8.97. The SMILES string of the molecule is C[C@H](NC(=O)CN1CCC[C@@H]1c1nc2ccccc2s1)c1ccc(Br)cc1. The van der Waals surface area contributed by atoms with Crippen molar-refractivity contribution in [1.29, 1.82) is 0 Å². The molecule has 27 heavy (non-hydrogen) atoms. The molecule has 2 heterocycles. The summed E-state index contributed by atoms with van der Waals surface area (Å²) in [5.74, 6) is 0.0680. The van der Waals surface area contributed by atoms with Gasteiger partial charge in [-0.1, -0.05) is 40.2 Å². The molecule has 0 unspecified atom stereocenters. The lowest BCUT2D eigenvalue weighted by Crippen LogP contribution is -2.38. The van der Waals surface area contributed by atoms with Gasteiger partial charge in [0.1, 0.15) is 5.01 Å². The Morgan fingerprint density at radius 3 is 2.85 bits per heavy atom. The number of benzene rings is 2. The van der Waals surface area contributed by atoms with Crippen LogP contribution >= 0.6 is 27.3 Å². The maximum atomic E-state index is 12.6. The van der Waals surface area contributed by atoms with Crippen LogP contribution in [0.2, 0.25) is 0 Å². The lowest BCUT2D eigenvalue weighted by Gasteiger charge is -2.23. The quantitative estimate of drug-likeness (QED) is 0.598. The highest BCUT2D eigenvalue weighted by atomic mass is 79.9. The average Bonchev–Trinajstić information content (AvgIpc) is 3.28. The first-order valence-corrected chi connectivity index (χ1v) is 10.9. The number of thiazole rings is 1. The number of aromatic nitrogens is 1. The number of nitrogens with one attached hydrogen (secondary N) is 1. The minimum absolute atomic E-state index is 0.00546. The van der Waals surface area contributed by atoms with E-state index in [1.165, 1.54) is 4.70 Å². The fraction of sp³-hybridized carbons (Fsp3) is 0.333. The predicted octanol–water partition coefficient (Wildman–Crippen LogP) is 5.07. The molecule has 1 aliphatic heterocycles. The summed E-state index contributed by atoms with van der Waals surface area (Å²) in [5, 5.41) is 4.26. The third-order valence-corrected chi connectivity index (χ3v) is 6.72. The van der Waals surface area contributed by atoms with E-state index < -0.39 is 0 Å². The van der Waals surface area contributed by atoms with Crippen LogP contribution in [0.25, 0.3) is 10.2 Å². The molecule has 0 bridgehead atoms. The lowest BCUT2D eigenvalue weighted by molar-refractivity contribution is -0.123. The molecular formula is C21H22BrN3OS. The van der Waals surface area contributed by atoms with Gasteiger partial charge in [0.05, 0.1) is 28.8 Å². The van der Waals surface area contributed by atoms with Crippen molar-refractivity contribution in [3.63, 3.8) is 0 Å². The van der Waals surface area contributed by atoms with Crippen molar-refractivity contribution in [3.8, 4) is 0 Å². The van der Waals surface area contributed by atoms with Crippen LogP contribution in [0.15, 0.2) is 53.0 Å². The maximum Gasteiger partial charge on any atom is 0.234 e. The van der Waals surface area contributed by atoms with Crippen molar-refractivity contribution in [2.75, 3.05) is 13.1 Å². The highest BCUT2D eigenvalue weighted by Crippen LogP contribution is 2.36. The summed E-state index contributed by atoms with van der Waals surface area (Å²) in [6, 6.07) is 16.6. The maximum absolute atomic E-state index is 12.6. The fourth-order valence-electron chi connectivity index (χ4n) is 3.63. The zero-order valence-corrected chi connectivity index (χ0v) is 17.6. The number of amides is 1. The largest absolute Gasteiger partial charge is 0.348 e. The standard InChI is InChI=1S/C21H22BrN3OS/c1-14(15-8-10-16(22)11-9-15)23-20(26)13-25-12-4-6-18(25)21-24-17-5-2-3-7-19(17)27-21/h2-3,5,7-11,14,18H,4,6,12-13H2,1H3,(H,23,26)/t14-,18+/m0/s1.